The first-order chi connectivity index (χ1) is 9.28. The minimum absolute atomic E-state index is 0.132. The Morgan fingerprint density at radius 2 is 2.26 bits per heavy atom. The average Bonchev–Trinajstić information content (AvgIpc) is 3.17. The highest BCUT2D eigenvalue weighted by molar-refractivity contribution is 6.32. The number of nitrogens with zero attached hydrogens (tertiary/aromatic N) is 2. The Hall–Kier alpha value is -1.59. The lowest BCUT2D eigenvalue weighted by Crippen LogP contribution is -2.00. The molecule has 0 amide bonds. The molecular weight excluding hydrogens is 268 g/mol. The number of halogens is 1. The fraction of sp³-hybridized carbons (Fsp3) is 0.385. The fourth-order valence-electron chi connectivity index (χ4n) is 1.81. The second-order valence-electron chi connectivity index (χ2n) is 4.50. The lowest BCUT2D eigenvalue weighted by atomic mass is 10.2. The van der Waals surface area contributed by atoms with Gasteiger partial charge in [-0.3, -0.25) is 0 Å². The predicted octanol–water partition coefficient (Wildman–Crippen LogP) is 2.67. The zero-order valence-electron chi connectivity index (χ0n) is 10.2. The largest absolute Gasteiger partial charge is 0.482 e. The molecule has 0 spiro atoms. The van der Waals surface area contributed by atoms with Crippen LogP contribution < -0.4 is 4.74 Å². The van der Waals surface area contributed by atoms with Crippen LogP contribution in [0.15, 0.2) is 22.7 Å². The van der Waals surface area contributed by atoms with Crippen molar-refractivity contribution in [3.05, 3.63) is 40.5 Å². The highest BCUT2D eigenvalue weighted by Gasteiger charge is 2.28. The topological polar surface area (TPSA) is 68.4 Å². The Morgan fingerprint density at radius 3 is 3.00 bits per heavy atom. The molecule has 1 aliphatic carbocycles. The van der Waals surface area contributed by atoms with Gasteiger partial charge in [-0.05, 0) is 18.9 Å². The molecule has 5 nitrogen and oxygen atoms in total. The molecule has 19 heavy (non-hydrogen) atoms. The normalized spacial score (nSPS) is 14.6. The first-order valence-electron chi connectivity index (χ1n) is 6.11. The number of aromatic nitrogens is 2. The number of ether oxygens (including phenoxy) is 1. The first kappa shape index (κ1) is 12.4. The van der Waals surface area contributed by atoms with E-state index in [1.165, 1.54) is 0 Å². The van der Waals surface area contributed by atoms with Gasteiger partial charge in [-0.15, -0.1) is 0 Å². The molecule has 0 bridgehead atoms. The van der Waals surface area contributed by atoms with Crippen molar-refractivity contribution in [1.82, 2.24) is 10.1 Å². The molecule has 100 valence electrons. The summed E-state index contributed by atoms with van der Waals surface area (Å²) in [6.07, 6.45) is 2.25. The minimum atomic E-state index is -0.132. The maximum atomic E-state index is 9.24. The van der Waals surface area contributed by atoms with Crippen LogP contribution in [0.5, 0.6) is 5.75 Å². The molecule has 1 aromatic heterocycles. The summed E-state index contributed by atoms with van der Waals surface area (Å²) >= 11 is 6.04. The number of aliphatic hydroxyl groups excluding tert-OH is 1. The van der Waals surface area contributed by atoms with E-state index in [0.717, 1.165) is 18.7 Å². The van der Waals surface area contributed by atoms with Gasteiger partial charge in [0.2, 0.25) is 0 Å². The molecule has 6 heteroatoms. The summed E-state index contributed by atoms with van der Waals surface area (Å²) in [6, 6.07) is 5.22. The van der Waals surface area contributed by atoms with E-state index in [9.17, 15) is 5.11 Å². The van der Waals surface area contributed by atoms with Crippen molar-refractivity contribution in [2.75, 3.05) is 0 Å². The third-order valence-corrected chi connectivity index (χ3v) is 3.28. The lowest BCUT2D eigenvalue weighted by Gasteiger charge is -2.09. The summed E-state index contributed by atoms with van der Waals surface area (Å²) in [5.74, 6) is 2.08. The van der Waals surface area contributed by atoms with Gasteiger partial charge in [0.1, 0.15) is 5.75 Å². The van der Waals surface area contributed by atoms with E-state index in [4.69, 9.17) is 20.9 Å². The Bertz CT molecular complexity index is 581. The Morgan fingerprint density at radius 1 is 1.42 bits per heavy atom. The first-order valence-corrected chi connectivity index (χ1v) is 6.49. The number of para-hydroxylation sites is 1. The van der Waals surface area contributed by atoms with Crippen LogP contribution in [0.2, 0.25) is 5.02 Å². The number of rotatable bonds is 5. The van der Waals surface area contributed by atoms with Crippen LogP contribution >= 0.6 is 11.6 Å². The molecule has 1 N–H and O–H groups in total. The van der Waals surface area contributed by atoms with Crippen molar-refractivity contribution in [2.24, 2.45) is 0 Å². The van der Waals surface area contributed by atoms with E-state index in [-0.39, 0.29) is 13.2 Å². The standard InChI is InChI=1S/C13H13ClN2O3/c14-10-3-1-2-9(6-17)12(10)18-7-11-15-13(16-19-11)8-4-5-8/h1-3,8,17H,4-7H2. The van der Waals surface area contributed by atoms with Crippen LogP contribution in [-0.4, -0.2) is 15.2 Å². The molecule has 1 aromatic carbocycles. The predicted molar refractivity (Wildman–Crippen MR) is 68.0 cm³/mol. The quantitative estimate of drug-likeness (QED) is 0.912. The van der Waals surface area contributed by atoms with Gasteiger partial charge in [-0.2, -0.15) is 4.98 Å². The van der Waals surface area contributed by atoms with Crippen molar-refractivity contribution in [1.29, 1.82) is 0 Å². The van der Waals surface area contributed by atoms with E-state index < -0.39 is 0 Å². The van der Waals surface area contributed by atoms with E-state index in [1.54, 1.807) is 18.2 Å². The smallest absolute Gasteiger partial charge is 0.264 e. The zero-order valence-corrected chi connectivity index (χ0v) is 10.9. The van der Waals surface area contributed by atoms with E-state index in [2.05, 4.69) is 10.1 Å². The Balaban J connectivity index is 1.71. The zero-order chi connectivity index (χ0) is 13.2. The molecule has 2 aromatic rings. The SMILES string of the molecule is OCc1cccc(Cl)c1OCc1nc(C2CC2)no1. The minimum Gasteiger partial charge on any atom is -0.482 e. The van der Waals surface area contributed by atoms with E-state index in [0.29, 0.717) is 28.1 Å². The summed E-state index contributed by atoms with van der Waals surface area (Å²) in [5, 5.41) is 13.6. The van der Waals surface area contributed by atoms with Crippen molar-refractivity contribution >= 4 is 11.6 Å². The van der Waals surface area contributed by atoms with Gasteiger partial charge < -0.3 is 14.4 Å². The van der Waals surface area contributed by atoms with Crippen LogP contribution in [0.3, 0.4) is 0 Å². The van der Waals surface area contributed by atoms with Gasteiger partial charge in [0.05, 0.1) is 11.6 Å². The molecule has 0 aliphatic heterocycles. The van der Waals surface area contributed by atoms with Crippen molar-refractivity contribution in [3.8, 4) is 5.75 Å². The summed E-state index contributed by atoms with van der Waals surface area (Å²) < 4.78 is 10.7. The van der Waals surface area contributed by atoms with Crippen molar-refractivity contribution in [3.63, 3.8) is 0 Å². The number of benzene rings is 1. The van der Waals surface area contributed by atoms with Crippen molar-refractivity contribution in [2.45, 2.75) is 32.0 Å². The second kappa shape index (κ2) is 5.19. The van der Waals surface area contributed by atoms with Gasteiger partial charge in [-0.25, -0.2) is 0 Å². The van der Waals surface area contributed by atoms with Crippen LogP contribution in [0.1, 0.15) is 36.0 Å². The number of hydrogen-bond acceptors (Lipinski definition) is 5. The molecule has 0 saturated heterocycles. The molecule has 1 aliphatic rings. The van der Waals surface area contributed by atoms with Crippen LogP contribution in [0.4, 0.5) is 0 Å². The molecule has 0 radical (unpaired) electrons. The number of aliphatic hydroxyl groups is 1. The molecule has 1 fully saturated rings. The Labute approximate surface area is 115 Å². The molecule has 3 rings (SSSR count). The van der Waals surface area contributed by atoms with Gasteiger partial charge in [-0.1, -0.05) is 28.9 Å². The highest BCUT2D eigenvalue weighted by Crippen LogP contribution is 2.38. The molecule has 0 unspecified atom stereocenters. The summed E-state index contributed by atoms with van der Waals surface area (Å²) in [7, 11) is 0. The van der Waals surface area contributed by atoms with Gasteiger partial charge in [0.25, 0.3) is 5.89 Å². The van der Waals surface area contributed by atoms with Crippen LogP contribution in [-0.2, 0) is 13.2 Å². The average molecular weight is 281 g/mol. The van der Waals surface area contributed by atoms with Crippen LogP contribution in [0.25, 0.3) is 0 Å². The van der Waals surface area contributed by atoms with Gasteiger partial charge in [0.15, 0.2) is 12.4 Å². The maximum Gasteiger partial charge on any atom is 0.264 e. The molecule has 0 atom stereocenters. The van der Waals surface area contributed by atoms with E-state index in [1.807, 2.05) is 0 Å². The molecule has 1 saturated carbocycles. The summed E-state index contributed by atoms with van der Waals surface area (Å²) in [5.41, 5.74) is 0.634. The van der Waals surface area contributed by atoms with Gasteiger partial charge in [0, 0.05) is 11.5 Å². The third kappa shape index (κ3) is 2.72. The van der Waals surface area contributed by atoms with Crippen LogP contribution in [0, 0.1) is 0 Å². The monoisotopic (exact) mass is 280 g/mol. The lowest BCUT2D eigenvalue weighted by molar-refractivity contribution is 0.229. The fourth-order valence-corrected chi connectivity index (χ4v) is 2.06. The Kier molecular flexibility index (Phi) is 3.40. The molecule has 1 heterocycles. The molecular formula is C13H13ClN2O3. The second-order valence-corrected chi connectivity index (χ2v) is 4.90. The maximum absolute atomic E-state index is 9.24. The number of hydrogen-bond donors (Lipinski definition) is 1. The van der Waals surface area contributed by atoms with E-state index >= 15 is 0 Å². The van der Waals surface area contributed by atoms with Crippen molar-refractivity contribution < 1.29 is 14.4 Å². The highest BCUT2D eigenvalue weighted by atomic mass is 35.5. The summed E-state index contributed by atoms with van der Waals surface area (Å²) in [4.78, 5) is 4.26. The third-order valence-electron chi connectivity index (χ3n) is 2.99. The summed E-state index contributed by atoms with van der Waals surface area (Å²) in [6.45, 7) is 0.0174. The van der Waals surface area contributed by atoms with Gasteiger partial charge >= 0.3 is 0 Å².